The van der Waals surface area contributed by atoms with Gasteiger partial charge in [-0.3, -0.25) is 13.9 Å². The number of rotatable bonds is 10. The Hall–Kier alpha value is -1.63. The molecule has 0 bridgehead atoms. The summed E-state index contributed by atoms with van der Waals surface area (Å²) in [5, 5.41) is 22.1. The number of carbonyl (C=O) groups is 1. The van der Waals surface area contributed by atoms with Crippen LogP contribution in [-0.4, -0.2) is 92.4 Å². The van der Waals surface area contributed by atoms with Crippen LogP contribution in [0.3, 0.4) is 0 Å². The quantitative estimate of drug-likeness (QED) is 0.296. The molecule has 2 aromatic heterocycles. The van der Waals surface area contributed by atoms with E-state index in [1.807, 2.05) is 6.07 Å². The smallest absolute Gasteiger partial charge is 0.354 e. The van der Waals surface area contributed by atoms with Crippen molar-refractivity contribution >= 4 is 36.1 Å². The number of aromatic nitrogens is 3. The van der Waals surface area contributed by atoms with Gasteiger partial charge >= 0.3 is 7.60 Å². The van der Waals surface area contributed by atoms with Gasteiger partial charge < -0.3 is 34.0 Å². The number of nitrogens with zero attached hydrogens (tertiary/aromatic N) is 4. The lowest BCUT2D eigenvalue weighted by Gasteiger charge is -2.18. The zero-order chi connectivity index (χ0) is 26.0. The van der Waals surface area contributed by atoms with E-state index in [0.29, 0.717) is 11.6 Å². The fourth-order valence-electron chi connectivity index (χ4n) is 4.62. The van der Waals surface area contributed by atoms with Crippen LogP contribution in [0.5, 0.6) is 0 Å². The van der Waals surface area contributed by atoms with E-state index in [1.165, 1.54) is 31.8 Å². The third kappa shape index (κ3) is 6.25. The van der Waals surface area contributed by atoms with Crippen molar-refractivity contribution in [3.8, 4) is 0 Å². The SMILES string of the molecule is CN(C)C(=O)COP(=O)(O)COC[C@H]1O[C@@H](n2ccc3c(CC4CCCC4)nc(Cl)nc32)[C@H](O)[C@@H]1O. The van der Waals surface area contributed by atoms with Gasteiger partial charge in [-0.2, -0.15) is 4.98 Å². The first-order valence-electron chi connectivity index (χ1n) is 11.8. The minimum absolute atomic E-state index is 0.0924. The monoisotopic (exact) mass is 546 g/mol. The summed E-state index contributed by atoms with van der Waals surface area (Å²) in [6.07, 6.45) is 1.92. The van der Waals surface area contributed by atoms with Gasteiger partial charge in [0.15, 0.2) is 6.23 Å². The minimum atomic E-state index is -4.20. The average Bonchev–Trinajstić information content (AvgIpc) is 3.54. The van der Waals surface area contributed by atoms with Crippen LogP contribution in [0.2, 0.25) is 5.28 Å². The van der Waals surface area contributed by atoms with E-state index in [4.69, 9.17) is 25.6 Å². The van der Waals surface area contributed by atoms with Crippen LogP contribution >= 0.6 is 19.2 Å². The van der Waals surface area contributed by atoms with E-state index >= 15 is 0 Å². The largest absolute Gasteiger partial charge is 0.387 e. The fourth-order valence-corrected chi connectivity index (χ4v) is 5.52. The highest BCUT2D eigenvalue weighted by molar-refractivity contribution is 7.52. The van der Waals surface area contributed by atoms with Gasteiger partial charge in [-0.25, -0.2) is 4.98 Å². The molecule has 4 rings (SSSR count). The molecule has 14 heteroatoms. The van der Waals surface area contributed by atoms with Gasteiger partial charge in [0, 0.05) is 25.7 Å². The molecule has 1 aliphatic heterocycles. The van der Waals surface area contributed by atoms with Crippen LogP contribution in [0.1, 0.15) is 37.6 Å². The molecule has 2 aliphatic rings. The number of halogens is 1. The maximum atomic E-state index is 12.1. The highest BCUT2D eigenvalue weighted by Gasteiger charge is 2.44. The lowest BCUT2D eigenvalue weighted by atomic mass is 10.0. The molecule has 3 N–H and O–H groups in total. The number of hydrogen-bond donors (Lipinski definition) is 3. The van der Waals surface area contributed by atoms with Crippen molar-refractivity contribution < 1.29 is 38.5 Å². The lowest BCUT2D eigenvalue weighted by molar-refractivity contribution is -0.131. The molecule has 1 aliphatic carbocycles. The molecule has 1 amide bonds. The first-order chi connectivity index (χ1) is 17.1. The third-order valence-electron chi connectivity index (χ3n) is 6.62. The number of fused-ring (bicyclic) bond motifs is 1. The highest BCUT2D eigenvalue weighted by atomic mass is 35.5. The molecule has 3 heterocycles. The summed E-state index contributed by atoms with van der Waals surface area (Å²) in [6, 6.07) is 1.84. The zero-order valence-electron chi connectivity index (χ0n) is 20.2. The summed E-state index contributed by atoms with van der Waals surface area (Å²) in [6.45, 7) is -0.854. The van der Waals surface area contributed by atoms with E-state index in [2.05, 4.69) is 9.97 Å². The number of likely N-dealkylation sites (N-methyl/N-ethyl adjacent to an activating group) is 1. The maximum Gasteiger partial charge on any atom is 0.354 e. The maximum absolute atomic E-state index is 12.1. The number of amides is 1. The van der Waals surface area contributed by atoms with Crippen LogP contribution in [0, 0.1) is 5.92 Å². The Bertz CT molecular complexity index is 1120. The molecular formula is C22H32ClN4O8P. The van der Waals surface area contributed by atoms with Gasteiger partial charge in [0.25, 0.3) is 0 Å². The second-order valence-corrected chi connectivity index (χ2v) is 11.6. The second kappa shape index (κ2) is 11.4. The first-order valence-corrected chi connectivity index (χ1v) is 14.0. The molecule has 1 saturated heterocycles. The Morgan fingerprint density at radius 3 is 2.69 bits per heavy atom. The number of hydrogen-bond acceptors (Lipinski definition) is 9. The van der Waals surface area contributed by atoms with E-state index in [9.17, 15) is 24.5 Å². The molecule has 2 fully saturated rings. The van der Waals surface area contributed by atoms with E-state index < -0.39 is 51.0 Å². The summed E-state index contributed by atoms with van der Waals surface area (Å²) in [5.41, 5.74) is 1.33. The fraction of sp³-hybridized carbons (Fsp3) is 0.682. The Kier molecular flexibility index (Phi) is 8.68. The Morgan fingerprint density at radius 2 is 2.00 bits per heavy atom. The Labute approximate surface area is 213 Å². The van der Waals surface area contributed by atoms with Crippen LogP contribution in [0.25, 0.3) is 11.0 Å². The van der Waals surface area contributed by atoms with Crippen molar-refractivity contribution in [2.24, 2.45) is 5.92 Å². The number of carbonyl (C=O) groups excluding carboxylic acids is 1. The topological polar surface area (TPSA) is 156 Å². The standard InChI is InChI=1S/C22H32ClN4O8P/c1-26(2)17(28)11-34-36(31,32)12-33-10-16-18(29)19(30)21(35-16)27-8-7-14-15(9-13-5-3-4-6-13)24-22(23)25-20(14)27/h7-8,13,16,18-19,21,29-30H,3-6,9-12H2,1-2H3,(H,31,32)/t16-,18-,19-,21-/m1/s1. The Morgan fingerprint density at radius 1 is 1.28 bits per heavy atom. The van der Waals surface area contributed by atoms with Crippen molar-refractivity contribution in [3.63, 3.8) is 0 Å². The predicted octanol–water partition coefficient (Wildman–Crippen LogP) is 1.70. The molecule has 1 saturated carbocycles. The van der Waals surface area contributed by atoms with Crippen molar-refractivity contribution in [2.45, 2.75) is 56.6 Å². The van der Waals surface area contributed by atoms with Crippen molar-refractivity contribution in [3.05, 3.63) is 23.2 Å². The van der Waals surface area contributed by atoms with Crippen LogP contribution in [0.15, 0.2) is 12.3 Å². The second-order valence-electron chi connectivity index (χ2n) is 9.50. The van der Waals surface area contributed by atoms with Gasteiger partial charge in [0.1, 0.15) is 36.9 Å². The summed E-state index contributed by atoms with van der Waals surface area (Å²) < 4.78 is 29.6. The molecule has 0 spiro atoms. The van der Waals surface area contributed by atoms with Crippen molar-refractivity contribution in [2.75, 3.05) is 33.7 Å². The number of ether oxygens (including phenoxy) is 2. The summed E-state index contributed by atoms with van der Waals surface area (Å²) in [7, 11) is -1.21. The van der Waals surface area contributed by atoms with Crippen molar-refractivity contribution in [1.29, 1.82) is 0 Å². The molecule has 36 heavy (non-hydrogen) atoms. The first kappa shape index (κ1) is 27.4. The Balaban J connectivity index is 1.41. The molecule has 2 aromatic rings. The number of aliphatic hydroxyl groups excluding tert-OH is 2. The minimum Gasteiger partial charge on any atom is -0.387 e. The van der Waals surface area contributed by atoms with Gasteiger partial charge in [0.2, 0.25) is 11.2 Å². The molecule has 12 nitrogen and oxygen atoms in total. The van der Waals surface area contributed by atoms with Crippen molar-refractivity contribution in [1.82, 2.24) is 19.4 Å². The molecule has 1 unspecified atom stereocenters. The van der Waals surface area contributed by atoms with E-state index in [1.54, 1.807) is 10.8 Å². The highest BCUT2D eigenvalue weighted by Crippen LogP contribution is 2.42. The van der Waals surface area contributed by atoms with Gasteiger partial charge in [-0.15, -0.1) is 0 Å². The van der Waals surface area contributed by atoms with E-state index in [0.717, 1.165) is 30.3 Å². The zero-order valence-corrected chi connectivity index (χ0v) is 21.8. The van der Waals surface area contributed by atoms with Gasteiger partial charge in [-0.05, 0) is 30.0 Å². The molecule has 0 radical (unpaired) electrons. The van der Waals surface area contributed by atoms with Gasteiger partial charge in [0.05, 0.1) is 12.3 Å². The summed E-state index contributed by atoms with van der Waals surface area (Å²) in [4.78, 5) is 31.4. The molecule has 5 atom stereocenters. The van der Waals surface area contributed by atoms with Crippen LogP contribution in [0.4, 0.5) is 0 Å². The van der Waals surface area contributed by atoms with Crippen LogP contribution in [-0.2, 0) is 29.8 Å². The summed E-state index contributed by atoms with van der Waals surface area (Å²) in [5.74, 6) is 0.0747. The van der Waals surface area contributed by atoms with Crippen LogP contribution < -0.4 is 0 Å². The lowest BCUT2D eigenvalue weighted by Crippen LogP contribution is -2.34. The average molecular weight is 547 g/mol. The summed E-state index contributed by atoms with van der Waals surface area (Å²) >= 11 is 6.22. The van der Waals surface area contributed by atoms with Gasteiger partial charge in [-0.1, -0.05) is 25.7 Å². The predicted molar refractivity (Wildman–Crippen MR) is 129 cm³/mol. The number of aliphatic hydroxyl groups is 2. The third-order valence-corrected chi connectivity index (χ3v) is 7.83. The molecular weight excluding hydrogens is 515 g/mol. The normalized spacial score (nSPS) is 26.5. The molecule has 200 valence electrons. The van der Waals surface area contributed by atoms with E-state index in [-0.39, 0.29) is 11.9 Å². The molecule has 0 aromatic carbocycles.